The van der Waals surface area contributed by atoms with Crippen LogP contribution in [-0.4, -0.2) is 11.8 Å². The first-order valence-corrected chi connectivity index (χ1v) is 4.96. The van der Waals surface area contributed by atoms with Crippen molar-refractivity contribution in [2.24, 2.45) is 23.5 Å². The molecule has 3 rings (SSSR count). The lowest BCUT2D eigenvalue weighted by Gasteiger charge is -2.46. The zero-order chi connectivity index (χ0) is 8.72. The van der Waals surface area contributed by atoms with Crippen molar-refractivity contribution in [2.75, 3.05) is 0 Å². The minimum absolute atomic E-state index is 0.176. The molecule has 2 N–H and O–H groups in total. The molecule has 3 saturated carbocycles. The third-order valence-electron chi connectivity index (χ3n) is 3.75. The van der Waals surface area contributed by atoms with Crippen LogP contribution < -0.4 is 5.73 Å². The SMILES string of the molecule is CC(=O)[C@H]1C2CCC(CC2)C1N. The van der Waals surface area contributed by atoms with Crippen LogP contribution in [0, 0.1) is 17.8 Å². The van der Waals surface area contributed by atoms with Gasteiger partial charge in [-0.1, -0.05) is 0 Å². The molecule has 3 fully saturated rings. The molecular formula is C10H17NO. The number of carbonyl (C=O) groups is 1. The maximum atomic E-state index is 11.3. The molecule has 3 aliphatic rings. The molecular weight excluding hydrogens is 150 g/mol. The van der Waals surface area contributed by atoms with Gasteiger partial charge in [0.2, 0.25) is 0 Å². The molecule has 2 nitrogen and oxygen atoms in total. The minimum Gasteiger partial charge on any atom is -0.327 e. The maximum absolute atomic E-state index is 11.3. The zero-order valence-corrected chi connectivity index (χ0v) is 7.62. The van der Waals surface area contributed by atoms with Crippen molar-refractivity contribution < 1.29 is 4.79 Å². The molecule has 0 radical (unpaired) electrons. The summed E-state index contributed by atoms with van der Waals surface area (Å²) in [5, 5.41) is 0. The molecule has 3 aliphatic carbocycles. The van der Waals surface area contributed by atoms with Gasteiger partial charge in [-0.25, -0.2) is 0 Å². The normalized spacial score (nSPS) is 46.2. The molecule has 0 heterocycles. The highest BCUT2D eigenvalue weighted by atomic mass is 16.1. The van der Waals surface area contributed by atoms with Gasteiger partial charge in [0.1, 0.15) is 5.78 Å². The Kier molecular flexibility index (Phi) is 1.95. The molecule has 2 bridgehead atoms. The van der Waals surface area contributed by atoms with Crippen molar-refractivity contribution in [1.29, 1.82) is 0 Å². The van der Waals surface area contributed by atoms with E-state index in [1.54, 1.807) is 6.92 Å². The Balaban J connectivity index is 2.18. The Morgan fingerprint density at radius 1 is 1.17 bits per heavy atom. The summed E-state index contributed by atoms with van der Waals surface area (Å²) in [6, 6.07) is 0.176. The number of nitrogens with two attached hydrogens (primary N) is 1. The molecule has 2 heteroatoms. The summed E-state index contributed by atoms with van der Waals surface area (Å²) in [5.74, 6) is 1.76. The first kappa shape index (κ1) is 8.24. The van der Waals surface area contributed by atoms with Crippen LogP contribution in [0.2, 0.25) is 0 Å². The zero-order valence-electron chi connectivity index (χ0n) is 7.62. The van der Waals surface area contributed by atoms with E-state index in [0.29, 0.717) is 17.6 Å². The molecule has 68 valence electrons. The second-order valence-electron chi connectivity index (χ2n) is 4.39. The van der Waals surface area contributed by atoms with Crippen LogP contribution in [0.4, 0.5) is 0 Å². The molecule has 2 atom stereocenters. The highest BCUT2D eigenvalue weighted by molar-refractivity contribution is 5.79. The average molecular weight is 167 g/mol. The van der Waals surface area contributed by atoms with Gasteiger partial charge in [0, 0.05) is 12.0 Å². The second-order valence-corrected chi connectivity index (χ2v) is 4.39. The van der Waals surface area contributed by atoms with E-state index < -0.39 is 0 Å². The van der Waals surface area contributed by atoms with Crippen LogP contribution in [0.25, 0.3) is 0 Å². The van der Waals surface area contributed by atoms with E-state index >= 15 is 0 Å². The van der Waals surface area contributed by atoms with Crippen molar-refractivity contribution >= 4 is 5.78 Å². The standard InChI is InChI=1S/C10H17NO/c1-6(12)9-7-2-4-8(5-3-7)10(9)11/h7-10H,2-5,11H2,1H3/t7?,8?,9-,10?/m0/s1. The summed E-state index contributed by atoms with van der Waals surface area (Å²) in [4.78, 5) is 11.3. The third-order valence-corrected chi connectivity index (χ3v) is 3.75. The first-order valence-electron chi connectivity index (χ1n) is 4.96. The number of hydrogen-bond acceptors (Lipinski definition) is 2. The third kappa shape index (κ3) is 1.09. The van der Waals surface area contributed by atoms with Crippen molar-refractivity contribution in [3.05, 3.63) is 0 Å². The predicted molar refractivity (Wildman–Crippen MR) is 47.6 cm³/mol. The Morgan fingerprint density at radius 2 is 1.67 bits per heavy atom. The van der Waals surface area contributed by atoms with Gasteiger partial charge in [-0.3, -0.25) is 4.79 Å². The van der Waals surface area contributed by atoms with E-state index in [1.807, 2.05) is 0 Å². The second kappa shape index (κ2) is 2.84. The van der Waals surface area contributed by atoms with Crippen LogP contribution >= 0.6 is 0 Å². The van der Waals surface area contributed by atoms with Crippen molar-refractivity contribution in [3.8, 4) is 0 Å². The van der Waals surface area contributed by atoms with Gasteiger partial charge in [0.15, 0.2) is 0 Å². The van der Waals surface area contributed by atoms with Gasteiger partial charge in [-0.2, -0.15) is 0 Å². The van der Waals surface area contributed by atoms with Crippen LogP contribution in [0.1, 0.15) is 32.6 Å². The molecule has 0 saturated heterocycles. The summed E-state index contributed by atoms with van der Waals surface area (Å²) in [6.07, 6.45) is 5.00. The summed E-state index contributed by atoms with van der Waals surface area (Å²) >= 11 is 0. The molecule has 0 aromatic rings. The molecule has 1 unspecified atom stereocenters. The van der Waals surface area contributed by atoms with Gasteiger partial charge in [-0.05, 0) is 44.4 Å². The molecule has 0 amide bonds. The van der Waals surface area contributed by atoms with Crippen molar-refractivity contribution in [2.45, 2.75) is 38.6 Å². The van der Waals surface area contributed by atoms with Crippen LogP contribution in [-0.2, 0) is 4.79 Å². The number of ketones is 1. The molecule has 0 spiro atoms. The van der Waals surface area contributed by atoms with E-state index in [1.165, 1.54) is 25.7 Å². The summed E-state index contributed by atoms with van der Waals surface area (Å²) in [5.41, 5.74) is 6.04. The fourth-order valence-corrected chi connectivity index (χ4v) is 3.10. The van der Waals surface area contributed by atoms with Gasteiger partial charge in [0.25, 0.3) is 0 Å². The Hall–Kier alpha value is -0.370. The molecule has 12 heavy (non-hydrogen) atoms. The lowest BCUT2D eigenvalue weighted by Crippen LogP contribution is -2.51. The Morgan fingerprint density at radius 3 is 2.00 bits per heavy atom. The number of hydrogen-bond donors (Lipinski definition) is 1. The van der Waals surface area contributed by atoms with Crippen molar-refractivity contribution in [3.63, 3.8) is 0 Å². The van der Waals surface area contributed by atoms with E-state index in [-0.39, 0.29) is 12.0 Å². The minimum atomic E-state index is 0.176. The maximum Gasteiger partial charge on any atom is 0.134 e. The fraction of sp³-hybridized carbons (Fsp3) is 0.900. The highest BCUT2D eigenvalue weighted by Gasteiger charge is 2.43. The summed E-state index contributed by atoms with van der Waals surface area (Å²) in [7, 11) is 0. The summed E-state index contributed by atoms with van der Waals surface area (Å²) < 4.78 is 0. The van der Waals surface area contributed by atoms with Gasteiger partial charge in [-0.15, -0.1) is 0 Å². The lowest BCUT2D eigenvalue weighted by molar-refractivity contribution is -0.126. The Labute approximate surface area is 73.5 Å². The van der Waals surface area contributed by atoms with Crippen LogP contribution in [0.5, 0.6) is 0 Å². The number of fused-ring (bicyclic) bond motifs is 3. The van der Waals surface area contributed by atoms with Gasteiger partial charge < -0.3 is 5.73 Å². The van der Waals surface area contributed by atoms with Gasteiger partial charge >= 0.3 is 0 Å². The topological polar surface area (TPSA) is 43.1 Å². The van der Waals surface area contributed by atoms with E-state index in [4.69, 9.17) is 5.73 Å². The van der Waals surface area contributed by atoms with Crippen LogP contribution in [0.3, 0.4) is 0 Å². The summed E-state index contributed by atoms with van der Waals surface area (Å²) in [6.45, 7) is 1.70. The largest absolute Gasteiger partial charge is 0.327 e. The first-order chi connectivity index (χ1) is 5.70. The monoisotopic (exact) mass is 167 g/mol. The van der Waals surface area contributed by atoms with Crippen molar-refractivity contribution in [1.82, 2.24) is 0 Å². The molecule has 0 aromatic heterocycles. The predicted octanol–water partition coefficient (Wildman–Crippen LogP) is 1.34. The number of carbonyl (C=O) groups excluding carboxylic acids is 1. The van der Waals surface area contributed by atoms with E-state index in [0.717, 1.165) is 0 Å². The van der Waals surface area contributed by atoms with Crippen LogP contribution in [0.15, 0.2) is 0 Å². The van der Waals surface area contributed by atoms with E-state index in [9.17, 15) is 4.79 Å². The van der Waals surface area contributed by atoms with E-state index in [2.05, 4.69) is 0 Å². The number of rotatable bonds is 1. The average Bonchev–Trinajstić information content (AvgIpc) is 2.05. The lowest BCUT2D eigenvalue weighted by atomic mass is 9.61. The fourth-order valence-electron chi connectivity index (χ4n) is 3.10. The molecule has 0 aliphatic heterocycles. The highest BCUT2D eigenvalue weighted by Crippen LogP contribution is 2.44. The van der Waals surface area contributed by atoms with Gasteiger partial charge in [0.05, 0.1) is 0 Å². The quantitative estimate of drug-likeness (QED) is 0.640. The smallest absolute Gasteiger partial charge is 0.134 e. The Bertz CT molecular complexity index is 192. The number of Topliss-reactive ketones (excluding diaryl/α,β-unsaturated/α-hetero) is 1. The molecule has 0 aromatic carbocycles.